The summed E-state index contributed by atoms with van der Waals surface area (Å²) in [6.07, 6.45) is 3.92. The highest BCUT2D eigenvalue weighted by Crippen LogP contribution is 2.19. The Bertz CT molecular complexity index is 649. The molecule has 0 bridgehead atoms. The molecule has 1 unspecified atom stereocenters. The zero-order chi connectivity index (χ0) is 11.9. The number of nitrogens with zero attached hydrogens (tertiary/aromatic N) is 3. The molecule has 1 N–H and O–H groups in total. The van der Waals surface area contributed by atoms with Gasteiger partial charge in [-0.2, -0.15) is 5.10 Å². The highest BCUT2D eigenvalue weighted by Gasteiger charge is 2.28. The molecule has 0 amide bonds. The minimum atomic E-state index is -2.87. The number of hydrogen-bond acceptors (Lipinski definition) is 5. The van der Waals surface area contributed by atoms with Gasteiger partial charge in [-0.25, -0.2) is 17.9 Å². The Morgan fingerprint density at radius 2 is 2.35 bits per heavy atom. The Labute approximate surface area is 98.6 Å². The first-order chi connectivity index (χ1) is 8.14. The third kappa shape index (κ3) is 1.97. The first kappa shape index (κ1) is 10.5. The van der Waals surface area contributed by atoms with Crippen molar-refractivity contribution in [1.82, 2.24) is 14.6 Å². The van der Waals surface area contributed by atoms with Gasteiger partial charge in [-0.1, -0.05) is 0 Å². The molecule has 0 spiro atoms. The molecular weight excluding hydrogens is 240 g/mol. The largest absolute Gasteiger partial charge is 0.364 e. The number of aromatic nitrogens is 3. The third-order valence-corrected chi connectivity index (χ3v) is 4.67. The van der Waals surface area contributed by atoms with Crippen molar-refractivity contribution >= 4 is 21.2 Å². The van der Waals surface area contributed by atoms with Crippen LogP contribution in [0.15, 0.2) is 24.7 Å². The second-order valence-corrected chi connectivity index (χ2v) is 6.42. The number of nitrogens with one attached hydrogen (secondary N) is 1. The van der Waals surface area contributed by atoms with E-state index in [2.05, 4.69) is 15.4 Å². The van der Waals surface area contributed by atoms with E-state index in [1.165, 1.54) is 6.33 Å². The minimum Gasteiger partial charge on any atom is -0.364 e. The summed E-state index contributed by atoms with van der Waals surface area (Å²) in [5.74, 6) is 1.13. The average molecular weight is 252 g/mol. The van der Waals surface area contributed by atoms with E-state index in [9.17, 15) is 8.42 Å². The van der Waals surface area contributed by atoms with E-state index in [1.807, 2.05) is 18.3 Å². The molecule has 1 fully saturated rings. The molecule has 3 heterocycles. The molecular formula is C10H12N4O2S. The second kappa shape index (κ2) is 3.69. The summed E-state index contributed by atoms with van der Waals surface area (Å²) >= 11 is 0. The van der Waals surface area contributed by atoms with Gasteiger partial charge in [0.05, 0.1) is 11.5 Å². The van der Waals surface area contributed by atoms with Crippen LogP contribution in [0.1, 0.15) is 6.42 Å². The SMILES string of the molecule is O=S1(=O)CCC(Nc2ncnn3cccc23)C1. The van der Waals surface area contributed by atoms with Crippen LogP contribution in [-0.4, -0.2) is 40.6 Å². The van der Waals surface area contributed by atoms with Crippen LogP contribution in [-0.2, 0) is 9.84 Å². The molecule has 0 saturated carbocycles. The van der Waals surface area contributed by atoms with E-state index in [0.29, 0.717) is 12.2 Å². The Morgan fingerprint density at radius 1 is 1.47 bits per heavy atom. The van der Waals surface area contributed by atoms with Crippen LogP contribution in [0, 0.1) is 0 Å². The predicted molar refractivity (Wildman–Crippen MR) is 63.7 cm³/mol. The Hall–Kier alpha value is -1.63. The van der Waals surface area contributed by atoms with Gasteiger partial charge in [0.1, 0.15) is 11.8 Å². The topological polar surface area (TPSA) is 76.4 Å². The van der Waals surface area contributed by atoms with Crippen molar-refractivity contribution in [2.75, 3.05) is 16.8 Å². The lowest BCUT2D eigenvalue weighted by Gasteiger charge is -2.11. The van der Waals surface area contributed by atoms with Crippen molar-refractivity contribution < 1.29 is 8.42 Å². The van der Waals surface area contributed by atoms with Crippen LogP contribution in [0.4, 0.5) is 5.82 Å². The summed E-state index contributed by atoms with van der Waals surface area (Å²) in [5, 5.41) is 7.23. The molecule has 2 aromatic rings. The van der Waals surface area contributed by atoms with Crippen LogP contribution in [0.5, 0.6) is 0 Å². The summed E-state index contributed by atoms with van der Waals surface area (Å²) in [6.45, 7) is 0. The molecule has 17 heavy (non-hydrogen) atoms. The minimum absolute atomic E-state index is 0.0476. The van der Waals surface area contributed by atoms with Crippen molar-refractivity contribution in [1.29, 1.82) is 0 Å². The fraction of sp³-hybridized carbons (Fsp3) is 0.400. The normalized spacial score (nSPS) is 22.9. The molecule has 3 rings (SSSR count). The highest BCUT2D eigenvalue weighted by atomic mass is 32.2. The van der Waals surface area contributed by atoms with Gasteiger partial charge < -0.3 is 5.32 Å². The number of hydrogen-bond donors (Lipinski definition) is 1. The van der Waals surface area contributed by atoms with Gasteiger partial charge in [0.2, 0.25) is 0 Å². The van der Waals surface area contributed by atoms with Crippen LogP contribution in [0.2, 0.25) is 0 Å². The van der Waals surface area contributed by atoms with Crippen LogP contribution < -0.4 is 5.32 Å². The molecule has 6 nitrogen and oxygen atoms in total. The summed E-state index contributed by atoms with van der Waals surface area (Å²) in [6, 6.07) is 3.72. The summed E-state index contributed by atoms with van der Waals surface area (Å²) < 4.78 is 24.4. The lowest BCUT2D eigenvalue weighted by Crippen LogP contribution is -2.21. The Balaban J connectivity index is 1.88. The molecule has 7 heteroatoms. The molecule has 1 saturated heterocycles. The van der Waals surface area contributed by atoms with Gasteiger partial charge in [0.25, 0.3) is 0 Å². The highest BCUT2D eigenvalue weighted by molar-refractivity contribution is 7.91. The van der Waals surface area contributed by atoms with Crippen molar-refractivity contribution in [2.24, 2.45) is 0 Å². The van der Waals surface area contributed by atoms with Gasteiger partial charge in [-0.05, 0) is 18.6 Å². The maximum atomic E-state index is 11.4. The van der Waals surface area contributed by atoms with Crippen molar-refractivity contribution in [3.63, 3.8) is 0 Å². The fourth-order valence-corrected chi connectivity index (χ4v) is 3.75. The lowest BCUT2D eigenvalue weighted by molar-refractivity contribution is 0.602. The van der Waals surface area contributed by atoms with Gasteiger partial charge >= 0.3 is 0 Å². The quantitative estimate of drug-likeness (QED) is 0.833. The van der Waals surface area contributed by atoms with E-state index < -0.39 is 9.84 Å². The third-order valence-electron chi connectivity index (χ3n) is 2.91. The van der Waals surface area contributed by atoms with E-state index in [0.717, 1.165) is 5.52 Å². The number of sulfone groups is 1. The first-order valence-electron chi connectivity index (χ1n) is 5.39. The molecule has 1 aliphatic heterocycles. The van der Waals surface area contributed by atoms with Crippen LogP contribution in [0.25, 0.3) is 5.52 Å². The molecule has 90 valence electrons. The maximum absolute atomic E-state index is 11.4. The standard InChI is InChI=1S/C10H12N4O2S/c15-17(16)5-3-8(6-17)13-10-9-2-1-4-14(9)12-7-11-10/h1-2,4,7-8H,3,5-6H2,(H,11,12,13). The van der Waals surface area contributed by atoms with E-state index in [-0.39, 0.29) is 17.5 Å². The van der Waals surface area contributed by atoms with E-state index in [1.54, 1.807) is 4.52 Å². The smallest absolute Gasteiger partial charge is 0.154 e. The average Bonchev–Trinajstić information content (AvgIpc) is 2.85. The zero-order valence-corrected chi connectivity index (χ0v) is 9.89. The van der Waals surface area contributed by atoms with E-state index in [4.69, 9.17) is 0 Å². The van der Waals surface area contributed by atoms with E-state index >= 15 is 0 Å². The number of anilines is 1. The predicted octanol–water partition coefficient (Wildman–Crippen LogP) is 0.328. The zero-order valence-electron chi connectivity index (χ0n) is 9.07. The van der Waals surface area contributed by atoms with Gasteiger partial charge in [-0.15, -0.1) is 0 Å². The molecule has 0 aromatic carbocycles. The van der Waals surface area contributed by atoms with Gasteiger partial charge in [-0.3, -0.25) is 0 Å². The first-order valence-corrected chi connectivity index (χ1v) is 7.21. The van der Waals surface area contributed by atoms with Gasteiger partial charge in [0, 0.05) is 12.2 Å². The monoisotopic (exact) mass is 252 g/mol. The molecule has 1 atom stereocenters. The van der Waals surface area contributed by atoms with Crippen LogP contribution >= 0.6 is 0 Å². The molecule has 0 aliphatic carbocycles. The Morgan fingerprint density at radius 3 is 3.12 bits per heavy atom. The maximum Gasteiger partial charge on any atom is 0.154 e. The molecule has 2 aromatic heterocycles. The number of fused-ring (bicyclic) bond motifs is 1. The number of rotatable bonds is 2. The summed E-state index contributed by atoms with van der Waals surface area (Å²) in [7, 11) is -2.87. The van der Waals surface area contributed by atoms with Crippen LogP contribution in [0.3, 0.4) is 0 Å². The molecule has 0 radical (unpaired) electrons. The molecule has 1 aliphatic rings. The van der Waals surface area contributed by atoms with Gasteiger partial charge in [0.15, 0.2) is 15.7 Å². The van der Waals surface area contributed by atoms with Crippen molar-refractivity contribution in [2.45, 2.75) is 12.5 Å². The summed E-state index contributed by atoms with van der Waals surface area (Å²) in [4.78, 5) is 4.15. The lowest BCUT2D eigenvalue weighted by atomic mass is 10.2. The second-order valence-electron chi connectivity index (χ2n) is 4.19. The van der Waals surface area contributed by atoms with Crippen molar-refractivity contribution in [3.8, 4) is 0 Å². The Kier molecular flexibility index (Phi) is 2.29. The summed E-state index contributed by atoms with van der Waals surface area (Å²) in [5.41, 5.74) is 0.858. The fourth-order valence-electron chi connectivity index (χ4n) is 2.08. The van der Waals surface area contributed by atoms with Crippen molar-refractivity contribution in [3.05, 3.63) is 24.7 Å².